The molecule has 0 aliphatic carbocycles. The minimum atomic E-state index is -0.374. The van der Waals surface area contributed by atoms with Crippen molar-refractivity contribution in [1.29, 1.82) is 0 Å². The number of H-pyrrole nitrogens is 2. The Kier molecular flexibility index (Phi) is 3.92. The monoisotopic (exact) mass is 351 g/mol. The molecule has 3 N–H and O–H groups in total. The molecule has 0 unspecified atom stereocenters. The first-order chi connectivity index (χ1) is 12.6. The Bertz CT molecular complexity index is 1050. The molecule has 26 heavy (non-hydrogen) atoms. The van der Waals surface area contributed by atoms with Gasteiger partial charge in [-0.1, -0.05) is 17.3 Å². The summed E-state index contributed by atoms with van der Waals surface area (Å²) in [5.41, 5.74) is 3.10. The van der Waals surface area contributed by atoms with E-state index < -0.39 is 0 Å². The topological polar surface area (TPSA) is 130 Å². The van der Waals surface area contributed by atoms with Crippen LogP contribution in [0.15, 0.2) is 30.3 Å². The van der Waals surface area contributed by atoms with E-state index in [2.05, 4.69) is 45.7 Å². The minimum Gasteiger partial charge on any atom is -0.341 e. The highest BCUT2D eigenvalue weighted by Crippen LogP contribution is 2.17. The molecule has 0 fully saturated rings. The van der Waals surface area contributed by atoms with Gasteiger partial charge in [0.15, 0.2) is 5.82 Å². The van der Waals surface area contributed by atoms with E-state index >= 15 is 0 Å². The van der Waals surface area contributed by atoms with Crippen molar-refractivity contribution in [3.8, 4) is 0 Å². The molecule has 0 aliphatic rings. The normalized spacial score (nSPS) is 12.4. The second kappa shape index (κ2) is 6.39. The Morgan fingerprint density at radius 3 is 2.96 bits per heavy atom. The Morgan fingerprint density at radius 2 is 2.15 bits per heavy atom. The molecule has 132 valence electrons. The zero-order valence-electron chi connectivity index (χ0n) is 14.3. The zero-order chi connectivity index (χ0) is 18.1. The first kappa shape index (κ1) is 15.9. The molecule has 1 amide bonds. The summed E-state index contributed by atoms with van der Waals surface area (Å²) in [5.74, 6) is 1.00. The minimum absolute atomic E-state index is 0.303. The van der Waals surface area contributed by atoms with Crippen molar-refractivity contribution in [1.82, 2.24) is 45.7 Å². The number of benzene rings is 1. The van der Waals surface area contributed by atoms with Crippen molar-refractivity contribution < 1.29 is 4.79 Å². The van der Waals surface area contributed by atoms with Crippen molar-refractivity contribution in [2.24, 2.45) is 0 Å². The largest absolute Gasteiger partial charge is 0.341 e. The van der Waals surface area contributed by atoms with E-state index in [0.717, 1.165) is 22.6 Å². The van der Waals surface area contributed by atoms with E-state index in [9.17, 15) is 4.79 Å². The third-order valence-corrected chi connectivity index (χ3v) is 4.13. The van der Waals surface area contributed by atoms with Gasteiger partial charge in [-0.05, 0) is 32.0 Å². The fraction of sp³-hybridized carbons (Fsp3) is 0.250. The maximum absolute atomic E-state index is 12.3. The summed E-state index contributed by atoms with van der Waals surface area (Å²) in [6.07, 6.45) is 0. The fourth-order valence-corrected chi connectivity index (χ4v) is 2.81. The third-order valence-electron chi connectivity index (χ3n) is 4.13. The maximum atomic E-state index is 12.3. The summed E-state index contributed by atoms with van der Waals surface area (Å²) in [6, 6.07) is 9.29. The number of carbonyl (C=O) groups excluding carboxylic acids is 1. The summed E-state index contributed by atoms with van der Waals surface area (Å²) < 4.78 is 2.08. The van der Waals surface area contributed by atoms with E-state index in [-0.39, 0.29) is 11.9 Å². The lowest BCUT2D eigenvalue weighted by Gasteiger charge is -2.07. The number of hydrogen-bond acceptors (Lipinski definition) is 6. The van der Waals surface area contributed by atoms with Crippen LogP contribution in [-0.4, -0.2) is 46.3 Å². The Morgan fingerprint density at radius 1 is 1.31 bits per heavy atom. The number of amides is 1. The first-order valence-electron chi connectivity index (χ1n) is 8.12. The molecular weight excluding hydrogens is 334 g/mol. The average Bonchev–Trinajstić information content (AvgIpc) is 3.36. The van der Waals surface area contributed by atoms with Gasteiger partial charge in [-0.3, -0.25) is 9.89 Å². The van der Waals surface area contributed by atoms with Gasteiger partial charge < -0.3 is 9.88 Å². The molecule has 3 heterocycles. The number of rotatable bonds is 5. The van der Waals surface area contributed by atoms with Gasteiger partial charge in [-0.2, -0.15) is 10.3 Å². The second-order valence-electron chi connectivity index (χ2n) is 5.98. The van der Waals surface area contributed by atoms with E-state index in [4.69, 9.17) is 0 Å². The number of aromatic amines is 2. The number of aryl methyl sites for hydroxylation is 1. The smallest absolute Gasteiger partial charge is 0.272 e. The number of para-hydroxylation sites is 2. The predicted octanol–water partition coefficient (Wildman–Crippen LogP) is 1.12. The van der Waals surface area contributed by atoms with Crippen LogP contribution in [0.4, 0.5) is 0 Å². The van der Waals surface area contributed by atoms with Gasteiger partial charge in [0.1, 0.15) is 11.5 Å². The maximum Gasteiger partial charge on any atom is 0.272 e. The zero-order valence-corrected chi connectivity index (χ0v) is 14.3. The van der Waals surface area contributed by atoms with Crippen LogP contribution < -0.4 is 5.32 Å². The van der Waals surface area contributed by atoms with Gasteiger partial charge in [-0.25, -0.2) is 4.98 Å². The van der Waals surface area contributed by atoms with Crippen molar-refractivity contribution in [2.75, 3.05) is 0 Å². The number of fused-ring (bicyclic) bond motifs is 1. The van der Waals surface area contributed by atoms with Gasteiger partial charge >= 0.3 is 0 Å². The van der Waals surface area contributed by atoms with Gasteiger partial charge in [0, 0.05) is 0 Å². The molecule has 0 saturated heterocycles. The van der Waals surface area contributed by atoms with Crippen LogP contribution in [0.1, 0.15) is 40.8 Å². The summed E-state index contributed by atoms with van der Waals surface area (Å²) in [5, 5.41) is 23.4. The highest BCUT2D eigenvalue weighted by atomic mass is 16.2. The van der Waals surface area contributed by atoms with Crippen molar-refractivity contribution in [2.45, 2.75) is 26.4 Å². The Hall–Kier alpha value is -3.56. The van der Waals surface area contributed by atoms with E-state index in [1.165, 1.54) is 0 Å². The van der Waals surface area contributed by atoms with Crippen molar-refractivity contribution in [3.05, 3.63) is 53.4 Å². The summed E-state index contributed by atoms with van der Waals surface area (Å²) in [6.45, 7) is 4.28. The van der Waals surface area contributed by atoms with Crippen LogP contribution in [0.5, 0.6) is 0 Å². The van der Waals surface area contributed by atoms with Crippen LogP contribution in [0.2, 0.25) is 0 Å². The Labute approximate surface area is 148 Å². The van der Waals surface area contributed by atoms with Crippen LogP contribution >= 0.6 is 0 Å². The molecule has 1 aromatic carbocycles. The number of aromatic nitrogens is 8. The predicted molar refractivity (Wildman–Crippen MR) is 92.2 cm³/mol. The standard InChI is InChI=1S/C16H17N9O/c1-9(15-21-23-24-22-15)17-16(26)13-7-11(19-20-13)8-25-10(2)18-12-5-3-4-6-14(12)25/h3-7,9H,8H2,1-2H3,(H,17,26)(H,19,20)(H,21,22,23,24)/t9-/m1/s1. The van der Waals surface area contributed by atoms with Crippen molar-refractivity contribution in [3.63, 3.8) is 0 Å². The highest BCUT2D eigenvalue weighted by molar-refractivity contribution is 5.92. The van der Waals surface area contributed by atoms with Gasteiger partial charge in [0.25, 0.3) is 5.91 Å². The van der Waals surface area contributed by atoms with Gasteiger partial charge in [0.05, 0.1) is 29.3 Å². The lowest BCUT2D eigenvalue weighted by molar-refractivity contribution is 0.0933. The SMILES string of the molecule is Cc1nc2ccccc2n1Cc1cc(C(=O)N[C@H](C)c2nn[nH]n2)n[nH]1. The number of nitrogens with one attached hydrogen (secondary N) is 3. The number of nitrogens with zero attached hydrogens (tertiary/aromatic N) is 6. The molecule has 1 atom stereocenters. The molecule has 10 heteroatoms. The Balaban J connectivity index is 1.51. The summed E-state index contributed by atoms with van der Waals surface area (Å²) in [7, 11) is 0. The van der Waals surface area contributed by atoms with Crippen LogP contribution in [0.25, 0.3) is 11.0 Å². The molecule has 0 spiro atoms. The van der Waals surface area contributed by atoms with E-state index in [1.54, 1.807) is 13.0 Å². The van der Waals surface area contributed by atoms with Crippen LogP contribution in [-0.2, 0) is 6.54 Å². The van der Waals surface area contributed by atoms with Crippen LogP contribution in [0, 0.1) is 6.92 Å². The first-order valence-corrected chi connectivity index (χ1v) is 8.12. The number of tetrazole rings is 1. The molecule has 4 rings (SSSR count). The molecule has 0 saturated carbocycles. The highest BCUT2D eigenvalue weighted by Gasteiger charge is 2.17. The van der Waals surface area contributed by atoms with E-state index in [0.29, 0.717) is 18.1 Å². The summed E-state index contributed by atoms with van der Waals surface area (Å²) in [4.78, 5) is 16.9. The van der Waals surface area contributed by atoms with E-state index in [1.807, 2.05) is 31.2 Å². The number of hydrogen-bond donors (Lipinski definition) is 3. The molecule has 0 radical (unpaired) electrons. The quantitative estimate of drug-likeness (QED) is 0.494. The van der Waals surface area contributed by atoms with Gasteiger partial charge in [0.2, 0.25) is 0 Å². The average molecular weight is 351 g/mol. The van der Waals surface area contributed by atoms with Crippen LogP contribution in [0.3, 0.4) is 0 Å². The summed E-state index contributed by atoms with van der Waals surface area (Å²) >= 11 is 0. The fourth-order valence-electron chi connectivity index (χ4n) is 2.81. The molecule has 3 aromatic heterocycles. The molecule has 0 bridgehead atoms. The third kappa shape index (κ3) is 2.92. The number of imidazole rings is 1. The lowest BCUT2D eigenvalue weighted by atomic mass is 10.2. The molecule has 0 aliphatic heterocycles. The number of carbonyl (C=O) groups is 1. The van der Waals surface area contributed by atoms with Crippen molar-refractivity contribution >= 4 is 16.9 Å². The molecule has 4 aromatic rings. The molecular formula is C16H17N9O. The molecule has 10 nitrogen and oxygen atoms in total. The lowest BCUT2D eigenvalue weighted by Crippen LogP contribution is -2.27. The second-order valence-corrected chi connectivity index (χ2v) is 5.98. The van der Waals surface area contributed by atoms with Gasteiger partial charge in [-0.15, -0.1) is 10.2 Å².